The van der Waals surface area contributed by atoms with E-state index >= 15 is 0 Å². The third-order valence-corrected chi connectivity index (χ3v) is 4.18. The number of nitrogens with one attached hydrogen (secondary N) is 2. The van der Waals surface area contributed by atoms with Crippen LogP contribution in [0.15, 0.2) is 29.7 Å². The van der Waals surface area contributed by atoms with Crippen LogP contribution in [0.5, 0.6) is 0 Å². The summed E-state index contributed by atoms with van der Waals surface area (Å²) in [7, 11) is 1.69. The molecule has 1 atom stereocenters. The van der Waals surface area contributed by atoms with E-state index in [0.717, 1.165) is 17.7 Å². The van der Waals surface area contributed by atoms with Crippen LogP contribution >= 0.6 is 0 Å². The van der Waals surface area contributed by atoms with Crippen molar-refractivity contribution >= 4 is 22.7 Å². The van der Waals surface area contributed by atoms with Gasteiger partial charge in [-0.3, -0.25) is 9.89 Å². The number of hydrogen-bond acceptors (Lipinski definition) is 8. The average molecular weight is 342 g/mol. The van der Waals surface area contributed by atoms with E-state index in [2.05, 4.69) is 35.4 Å². The van der Waals surface area contributed by atoms with Crippen molar-refractivity contribution in [3.8, 4) is 0 Å². The van der Waals surface area contributed by atoms with Crippen molar-refractivity contribution in [3.05, 3.63) is 35.3 Å². The molecule has 0 aromatic carbocycles. The smallest absolute Gasteiger partial charge is 0.293 e. The summed E-state index contributed by atoms with van der Waals surface area (Å²) in [5, 5.41) is 10.8. The lowest BCUT2D eigenvalue weighted by atomic mass is 10.2. The van der Waals surface area contributed by atoms with E-state index in [1.54, 1.807) is 25.6 Å². The molecular formula is C15H18N8O2. The second-order valence-corrected chi connectivity index (χ2v) is 5.84. The minimum atomic E-state index is -0.161. The molecule has 0 aliphatic carbocycles. The van der Waals surface area contributed by atoms with Crippen LogP contribution in [0.25, 0.3) is 11.0 Å². The van der Waals surface area contributed by atoms with Crippen LogP contribution in [0.3, 0.4) is 0 Å². The summed E-state index contributed by atoms with van der Waals surface area (Å²) in [6.07, 6.45) is 6.38. The highest BCUT2D eigenvalue weighted by Gasteiger charge is 2.23. The quantitative estimate of drug-likeness (QED) is 0.668. The first-order valence-electron chi connectivity index (χ1n) is 7.98. The van der Waals surface area contributed by atoms with Crippen molar-refractivity contribution in [1.82, 2.24) is 29.7 Å². The summed E-state index contributed by atoms with van der Waals surface area (Å²) < 4.78 is 7.29. The van der Waals surface area contributed by atoms with Crippen LogP contribution in [0, 0.1) is 0 Å². The van der Waals surface area contributed by atoms with Gasteiger partial charge in [0.25, 0.3) is 5.56 Å². The second-order valence-electron chi connectivity index (χ2n) is 5.84. The molecule has 1 aliphatic rings. The molecule has 10 heteroatoms. The third kappa shape index (κ3) is 3.03. The predicted octanol–water partition coefficient (Wildman–Crippen LogP) is -0.236. The van der Waals surface area contributed by atoms with Crippen LogP contribution in [0.4, 0.5) is 11.6 Å². The normalized spacial score (nSPS) is 17.8. The Balaban J connectivity index is 1.47. The van der Waals surface area contributed by atoms with E-state index in [9.17, 15) is 4.79 Å². The molecule has 4 rings (SSSR count). The maximum atomic E-state index is 12.0. The molecule has 130 valence electrons. The molecule has 3 aromatic heterocycles. The molecule has 1 aliphatic heterocycles. The maximum Gasteiger partial charge on any atom is 0.293 e. The fourth-order valence-corrected chi connectivity index (χ4v) is 2.87. The van der Waals surface area contributed by atoms with Crippen molar-refractivity contribution in [2.75, 3.05) is 36.5 Å². The minimum Gasteiger partial charge on any atom is -0.373 e. The van der Waals surface area contributed by atoms with Crippen molar-refractivity contribution in [1.29, 1.82) is 0 Å². The zero-order chi connectivity index (χ0) is 17.2. The van der Waals surface area contributed by atoms with Gasteiger partial charge in [0.1, 0.15) is 12.1 Å². The van der Waals surface area contributed by atoms with Gasteiger partial charge in [-0.1, -0.05) is 0 Å². The molecule has 1 saturated heterocycles. The third-order valence-electron chi connectivity index (χ3n) is 4.18. The van der Waals surface area contributed by atoms with Gasteiger partial charge < -0.3 is 19.5 Å². The predicted molar refractivity (Wildman–Crippen MR) is 91.6 cm³/mol. The first kappa shape index (κ1) is 15.5. The first-order valence-corrected chi connectivity index (χ1v) is 7.98. The van der Waals surface area contributed by atoms with Gasteiger partial charge in [0.15, 0.2) is 11.5 Å². The van der Waals surface area contributed by atoms with Gasteiger partial charge in [0.2, 0.25) is 0 Å². The molecule has 4 heterocycles. The zero-order valence-corrected chi connectivity index (χ0v) is 13.7. The number of hydrogen-bond donors (Lipinski definition) is 2. The van der Waals surface area contributed by atoms with Crippen molar-refractivity contribution in [3.63, 3.8) is 0 Å². The van der Waals surface area contributed by atoms with Gasteiger partial charge >= 0.3 is 0 Å². The zero-order valence-electron chi connectivity index (χ0n) is 13.7. The van der Waals surface area contributed by atoms with Crippen LogP contribution in [0.1, 0.15) is 0 Å². The number of aryl methyl sites for hydroxylation is 1. The summed E-state index contributed by atoms with van der Waals surface area (Å²) in [5.74, 6) is 1.16. The summed E-state index contributed by atoms with van der Waals surface area (Å²) in [4.78, 5) is 26.8. The number of fused-ring (bicyclic) bond motifs is 1. The summed E-state index contributed by atoms with van der Waals surface area (Å²) in [6.45, 7) is 2.45. The Morgan fingerprint density at radius 1 is 1.40 bits per heavy atom. The largest absolute Gasteiger partial charge is 0.373 e. The Hall–Kier alpha value is -3.01. The monoisotopic (exact) mass is 342 g/mol. The van der Waals surface area contributed by atoms with Crippen LogP contribution in [-0.4, -0.2) is 62.1 Å². The van der Waals surface area contributed by atoms with Gasteiger partial charge in [0.05, 0.1) is 24.3 Å². The molecule has 0 saturated carbocycles. The molecule has 10 nitrogen and oxygen atoms in total. The first-order chi connectivity index (χ1) is 12.2. The van der Waals surface area contributed by atoms with Gasteiger partial charge in [-0.2, -0.15) is 5.10 Å². The van der Waals surface area contributed by atoms with Crippen LogP contribution in [0.2, 0.25) is 0 Å². The number of H-pyrrole nitrogens is 1. The lowest BCUT2D eigenvalue weighted by Crippen LogP contribution is -2.46. The van der Waals surface area contributed by atoms with E-state index in [-0.39, 0.29) is 11.7 Å². The summed E-state index contributed by atoms with van der Waals surface area (Å²) in [5.41, 5.74) is 0.550. The SMILES string of the molecule is Cn1ccnc(NC[C@H]2CN(c3ncnc4[nH]ncc34)CCO2)c1=O. The Labute approximate surface area is 142 Å². The number of aromatic amines is 1. The Morgan fingerprint density at radius 2 is 2.32 bits per heavy atom. The van der Waals surface area contributed by atoms with Crippen molar-refractivity contribution < 1.29 is 4.74 Å². The Bertz CT molecular complexity index is 936. The van der Waals surface area contributed by atoms with Crippen molar-refractivity contribution in [2.24, 2.45) is 7.05 Å². The topological polar surface area (TPSA) is 114 Å². The standard InChI is InChI=1S/C15H18N8O2/c1-22-3-2-16-13(15(22)24)17-6-10-8-23(4-5-25-10)14-11-7-20-21-12(11)18-9-19-14/h2-3,7,9-10H,4-6,8H2,1H3,(H,16,17)(H,18,19,20,21)/t10-/m0/s1. The van der Waals surface area contributed by atoms with E-state index in [1.165, 1.54) is 10.9 Å². The average Bonchev–Trinajstić information content (AvgIpc) is 3.12. The Kier molecular flexibility index (Phi) is 4.02. The van der Waals surface area contributed by atoms with E-state index in [1.807, 2.05) is 0 Å². The lowest BCUT2D eigenvalue weighted by molar-refractivity contribution is 0.0490. The number of ether oxygens (including phenoxy) is 1. The molecule has 2 N–H and O–H groups in total. The highest BCUT2D eigenvalue weighted by atomic mass is 16.5. The fourth-order valence-electron chi connectivity index (χ4n) is 2.87. The molecule has 0 unspecified atom stereocenters. The highest BCUT2D eigenvalue weighted by Crippen LogP contribution is 2.22. The van der Waals surface area contributed by atoms with Gasteiger partial charge in [0, 0.05) is 39.1 Å². The van der Waals surface area contributed by atoms with Crippen LogP contribution < -0.4 is 15.8 Å². The number of aromatic nitrogens is 6. The minimum absolute atomic E-state index is 0.0858. The molecular weight excluding hydrogens is 324 g/mol. The molecule has 3 aromatic rings. The summed E-state index contributed by atoms with van der Waals surface area (Å²) >= 11 is 0. The lowest BCUT2D eigenvalue weighted by Gasteiger charge is -2.34. The molecule has 1 fully saturated rings. The highest BCUT2D eigenvalue weighted by molar-refractivity contribution is 5.86. The molecule has 0 radical (unpaired) electrons. The summed E-state index contributed by atoms with van der Waals surface area (Å²) in [6, 6.07) is 0. The molecule has 0 spiro atoms. The fraction of sp³-hybridized carbons (Fsp3) is 0.400. The Morgan fingerprint density at radius 3 is 3.24 bits per heavy atom. The van der Waals surface area contributed by atoms with Crippen molar-refractivity contribution in [2.45, 2.75) is 6.10 Å². The van der Waals surface area contributed by atoms with E-state index in [4.69, 9.17) is 4.74 Å². The van der Waals surface area contributed by atoms with Gasteiger partial charge in [-0.05, 0) is 0 Å². The molecule has 25 heavy (non-hydrogen) atoms. The number of anilines is 2. The van der Waals surface area contributed by atoms with E-state index < -0.39 is 0 Å². The maximum absolute atomic E-state index is 12.0. The molecule has 0 bridgehead atoms. The second kappa shape index (κ2) is 6.48. The van der Waals surface area contributed by atoms with E-state index in [0.29, 0.717) is 31.2 Å². The number of rotatable bonds is 4. The number of nitrogens with zero attached hydrogens (tertiary/aromatic N) is 6. The number of morpholine rings is 1. The van der Waals surface area contributed by atoms with Gasteiger partial charge in [-0.15, -0.1) is 0 Å². The molecule has 0 amide bonds. The van der Waals surface area contributed by atoms with Gasteiger partial charge in [-0.25, -0.2) is 15.0 Å². The van der Waals surface area contributed by atoms with Crippen LogP contribution in [-0.2, 0) is 11.8 Å².